The molecule has 1 saturated heterocycles. The summed E-state index contributed by atoms with van der Waals surface area (Å²) in [6.07, 6.45) is 6.91. The van der Waals surface area contributed by atoms with Gasteiger partial charge in [0, 0.05) is 25.8 Å². The fourth-order valence-corrected chi connectivity index (χ4v) is 2.32. The number of hydrogen-bond acceptors (Lipinski definition) is 4. The predicted molar refractivity (Wildman–Crippen MR) is 77.3 cm³/mol. The predicted octanol–water partition coefficient (Wildman–Crippen LogP) is 1.82. The molecule has 2 heterocycles. The van der Waals surface area contributed by atoms with Gasteiger partial charge in [-0.1, -0.05) is 18.9 Å². The van der Waals surface area contributed by atoms with Gasteiger partial charge in [-0.15, -0.1) is 0 Å². The minimum absolute atomic E-state index is 0.357. The van der Waals surface area contributed by atoms with E-state index in [1.54, 1.807) is 0 Å². The summed E-state index contributed by atoms with van der Waals surface area (Å²) in [5.41, 5.74) is 3.17. The van der Waals surface area contributed by atoms with Crippen molar-refractivity contribution in [1.29, 1.82) is 0 Å². The van der Waals surface area contributed by atoms with Crippen molar-refractivity contribution in [3.63, 3.8) is 0 Å². The van der Waals surface area contributed by atoms with E-state index in [1.807, 2.05) is 18.3 Å². The first-order valence-electron chi connectivity index (χ1n) is 7.06. The second-order valence-electron chi connectivity index (χ2n) is 4.91. The van der Waals surface area contributed by atoms with Crippen LogP contribution in [-0.2, 0) is 11.4 Å². The summed E-state index contributed by atoms with van der Waals surface area (Å²) in [5, 5.41) is 2.68. The number of anilines is 1. The van der Waals surface area contributed by atoms with Crippen LogP contribution >= 0.6 is 0 Å². The molecule has 1 aliphatic rings. The highest BCUT2D eigenvalue weighted by atomic mass is 16.6. The Labute approximate surface area is 119 Å². The molecule has 6 nitrogen and oxygen atoms in total. The molecule has 20 heavy (non-hydrogen) atoms. The van der Waals surface area contributed by atoms with Crippen LogP contribution in [0.5, 0.6) is 0 Å². The number of amides is 2. The summed E-state index contributed by atoms with van der Waals surface area (Å²) < 4.78 is 0. The Bertz CT molecular complexity index is 414. The van der Waals surface area contributed by atoms with Crippen LogP contribution in [0.4, 0.5) is 10.6 Å². The van der Waals surface area contributed by atoms with Gasteiger partial charge < -0.3 is 10.2 Å². The molecule has 0 radical (unpaired) electrons. The summed E-state index contributed by atoms with van der Waals surface area (Å²) in [6.45, 7) is 2.60. The molecule has 1 fully saturated rings. The van der Waals surface area contributed by atoms with Crippen molar-refractivity contribution < 1.29 is 9.63 Å². The summed E-state index contributed by atoms with van der Waals surface area (Å²) in [4.78, 5) is 22.5. The van der Waals surface area contributed by atoms with Gasteiger partial charge in [0.1, 0.15) is 5.82 Å². The Hall–Kier alpha value is -1.82. The Balaban J connectivity index is 1.87. The first kappa shape index (κ1) is 14.6. The number of aromatic nitrogens is 1. The van der Waals surface area contributed by atoms with Crippen molar-refractivity contribution in [2.24, 2.45) is 0 Å². The summed E-state index contributed by atoms with van der Waals surface area (Å²) in [6, 6.07) is 3.67. The number of rotatable bonds is 4. The molecule has 1 aromatic heterocycles. The number of nitrogens with zero attached hydrogens (tertiary/aromatic N) is 2. The first-order chi connectivity index (χ1) is 9.79. The molecule has 0 atom stereocenters. The summed E-state index contributed by atoms with van der Waals surface area (Å²) in [5.74, 6) is 1.02. The molecule has 2 N–H and O–H groups in total. The maximum absolute atomic E-state index is 11.2. The molecule has 0 spiro atoms. The number of nitrogens with one attached hydrogen (secondary N) is 2. The van der Waals surface area contributed by atoms with Crippen LogP contribution in [0.1, 0.15) is 31.2 Å². The summed E-state index contributed by atoms with van der Waals surface area (Å²) >= 11 is 0. The Morgan fingerprint density at radius 2 is 2.05 bits per heavy atom. The lowest BCUT2D eigenvalue weighted by Gasteiger charge is -2.21. The molecule has 0 bridgehead atoms. The van der Waals surface area contributed by atoms with Gasteiger partial charge in [-0.25, -0.2) is 15.3 Å². The third kappa shape index (κ3) is 4.38. The van der Waals surface area contributed by atoms with Crippen molar-refractivity contribution in [1.82, 2.24) is 15.8 Å². The maximum Gasteiger partial charge on any atom is 0.338 e. The molecule has 2 amide bonds. The van der Waals surface area contributed by atoms with E-state index in [-0.39, 0.29) is 6.03 Å². The maximum atomic E-state index is 11.2. The van der Waals surface area contributed by atoms with E-state index in [2.05, 4.69) is 25.5 Å². The number of hydrogen-bond donors (Lipinski definition) is 2. The average molecular weight is 278 g/mol. The van der Waals surface area contributed by atoms with Crippen LogP contribution in [0, 0.1) is 0 Å². The van der Waals surface area contributed by atoms with Gasteiger partial charge in [0.25, 0.3) is 0 Å². The number of hydroxylamine groups is 1. The molecule has 2 rings (SSSR count). The number of carbonyl (C=O) groups excluding carboxylic acids is 1. The van der Waals surface area contributed by atoms with Crippen LogP contribution in [0.15, 0.2) is 18.3 Å². The number of urea groups is 1. The normalized spacial score (nSPS) is 15.6. The zero-order valence-electron chi connectivity index (χ0n) is 11.9. The van der Waals surface area contributed by atoms with E-state index in [4.69, 9.17) is 0 Å². The Kier molecular flexibility index (Phi) is 5.61. The Morgan fingerprint density at radius 3 is 2.65 bits per heavy atom. The average Bonchev–Trinajstić information content (AvgIpc) is 2.75. The van der Waals surface area contributed by atoms with E-state index in [1.165, 1.54) is 32.8 Å². The van der Waals surface area contributed by atoms with Crippen LogP contribution in [0.25, 0.3) is 0 Å². The third-order valence-corrected chi connectivity index (χ3v) is 3.39. The van der Waals surface area contributed by atoms with E-state index < -0.39 is 0 Å². The quantitative estimate of drug-likeness (QED) is 0.825. The molecule has 1 aromatic rings. The first-order valence-corrected chi connectivity index (χ1v) is 7.06. The van der Waals surface area contributed by atoms with E-state index in [0.717, 1.165) is 24.5 Å². The van der Waals surface area contributed by atoms with Gasteiger partial charge in [-0.05, 0) is 24.5 Å². The molecule has 0 aromatic carbocycles. The monoisotopic (exact) mass is 278 g/mol. The molecule has 0 saturated carbocycles. The molecule has 0 aliphatic carbocycles. The van der Waals surface area contributed by atoms with Gasteiger partial charge in [0.05, 0.1) is 7.11 Å². The lowest BCUT2D eigenvalue weighted by Crippen LogP contribution is -2.34. The highest BCUT2D eigenvalue weighted by Gasteiger charge is 2.10. The highest BCUT2D eigenvalue weighted by molar-refractivity contribution is 5.72. The van der Waals surface area contributed by atoms with E-state index in [9.17, 15) is 4.79 Å². The Morgan fingerprint density at radius 1 is 1.30 bits per heavy atom. The van der Waals surface area contributed by atoms with Crippen LogP contribution in [-0.4, -0.2) is 31.2 Å². The third-order valence-electron chi connectivity index (χ3n) is 3.39. The zero-order chi connectivity index (χ0) is 14.2. The molecule has 1 aliphatic heterocycles. The zero-order valence-corrected chi connectivity index (χ0v) is 11.9. The second-order valence-corrected chi connectivity index (χ2v) is 4.91. The van der Waals surface area contributed by atoms with Crippen molar-refractivity contribution in [3.05, 3.63) is 23.9 Å². The van der Waals surface area contributed by atoms with Gasteiger partial charge in [0.15, 0.2) is 0 Å². The van der Waals surface area contributed by atoms with Gasteiger partial charge in [-0.2, -0.15) is 0 Å². The van der Waals surface area contributed by atoms with Gasteiger partial charge >= 0.3 is 6.03 Å². The van der Waals surface area contributed by atoms with E-state index >= 15 is 0 Å². The largest absolute Gasteiger partial charge is 0.357 e. The molecule has 110 valence electrons. The highest BCUT2D eigenvalue weighted by Crippen LogP contribution is 2.17. The smallest absolute Gasteiger partial charge is 0.338 e. The van der Waals surface area contributed by atoms with Crippen molar-refractivity contribution >= 4 is 11.8 Å². The van der Waals surface area contributed by atoms with Crippen LogP contribution < -0.4 is 15.7 Å². The molecule has 6 heteroatoms. The number of carbonyl (C=O) groups is 1. The van der Waals surface area contributed by atoms with Crippen LogP contribution in [0.2, 0.25) is 0 Å². The van der Waals surface area contributed by atoms with Crippen molar-refractivity contribution in [2.45, 2.75) is 32.2 Å². The fraction of sp³-hybridized carbons (Fsp3) is 0.571. The fourth-order valence-electron chi connectivity index (χ4n) is 2.32. The molecular weight excluding hydrogens is 256 g/mol. The summed E-state index contributed by atoms with van der Waals surface area (Å²) in [7, 11) is 1.40. The van der Waals surface area contributed by atoms with Crippen LogP contribution in [0.3, 0.4) is 0 Å². The SMILES string of the molecule is CONC(=O)NCc1ccc(N2CCCCCC2)nc1. The van der Waals surface area contributed by atoms with Gasteiger partial charge in [-0.3, -0.25) is 4.84 Å². The number of pyridine rings is 1. The molecular formula is C14H22N4O2. The lowest BCUT2D eigenvalue weighted by molar-refractivity contribution is 0.107. The van der Waals surface area contributed by atoms with Crippen molar-refractivity contribution in [3.8, 4) is 0 Å². The van der Waals surface area contributed by atoms with Gasteiger partial charge in [0.2, 0.25) is 0 Å². The van der Waals surface area contributed by atoms with E-state index in [0.29, 0.717) is 6.54 Å². The van der Waals surface area contributed by atoms with Crippen molar-refractivity contribution in [2.75, 3.05) is 25.1 Å². The minimum atomic E-state index is -0.357. The molecule has 0 unspecified atom stereocenters. The minimum Gasteiger partial charge on any atom is -0.357 e. The standard InChI is InChI=1S/C14H22N4O2/c1-20-17-14(19)16-11-12-6-7-13(15-10-12)18-8-4-2-3-5-9-18/h6-7,10H,2-5,8-9,11H2,1H3,(H2,16,17,19). The lowest BCUT2D eigenvalue weighted by atomic mass is 10.2. The second kappa shape index (κ2) is 7.69. The topological polar surface area (TPSA) is 66.5 Å².